The van der Waals surface area contributed by atoms with E-state index in [9.17, 15) is 4.79 Å². The van der Waals surface area contributed by atoms with Gasteiger partial charge in [0, 0.05) is 6.42 Å². The van der Waals surface area contributed by atoms with Crippen molar-refractivity contribution < 1.29 is 14.3 Å². The summed E-state index contributed by atoms with van der Waals surface area (Å²) in [5.74, 6) is 0. The molecule has 72 valence electrons. The molecule has 13 heavy (non-hydrogen) atoms. The minimum atomic E-state index is -0.181. The van der Waals surface area contributed by atoms with Crippen molar-refractivity contribution in [2.75, 3.05) is 6.61 Å². The number of hydrogen-bond acceptors (Lipinski definition) is 3. The minimum Gasteiger partial charge on any atom is -0.501 e. The smallest absolute Gasteiger partial charge is 0.160 e. The van der Waals surface area contributed by atoms with Crippen LogP contribution in [0.5, 0.6) is 0 Å². The van der Waals surface area contributed by atoms with Crippen molar-refractivity contribution in [1.82, 2.24) is 0 Å². The van der Waals surface area contributed by atoms with Crippen LogP contribution in [0.3, 0.4) is 0 Å². The molecule has 2 aliphatic rings. The van der Waals surface area contributed by atoms with E-state index in [1.807, 2.05) is 12.2 Å². The Balaban J connectivity index is 0.000000145. The van der Waals surface area contributed by atoms with Crippen LogP contribution in [0, 0.1) is 0 Å². The lowest BCUT2D eigenvalue weighted by Gasteiger charge is -2.11. The van der Waals surface area contributed by atoms with Gasteiger partial charge in [-0.2, -0.15) is 0 Å². The first kappa shape index (κ1) is 9.84. The predicted octanol–water partition coefficient (Wildman–Crippen LogP) is 1.80. The molecule has 3 nitrogen and oxygen atoms in total. The molecule has 1 atom stereocenters. The third-order valence-corrected chi connectivity index (χ3v) is 1.71. The zero-order valence-electron chi connectivity index (χ0n) is 7.52. The zero-order chi connectivity index (χ0) is 9.36. The number of hydrogen-bond donors (Lipinski definition) is 0. The van der Waals surface area contributed by atoms with Crippen LogP contribution in [-0.2, 0) is 14.3 Å². The van der Waals surface area contributed by atoms with Crippen LogP contribution in [0.4, 0.5) is 0 Å². The summed E-state index contributed by atoms with van der Waals surface area (Å²) < 4.78 is 9.64. The number of allylic oxidation sites excluding steroid dienone is 1. The van der Waals surface area contributed by atoms with Crippen LogP contribution in [0.15, 0.2) is 24.7 Å². The lowest BCUT2D eigenvalue weighted by Crippen LogP contribution is -2.12. The second-order valence-corrected chi connectivity index (χ2v) is 2.79. The number of ether oxygens (including phenoxy) is 2. The van der Waals surface area contributed by atoms with Gasteiger partial charge in [0.1, 0.15) is 0 Å². The monoisotopic (exact) mass is 182 g/mol. The number of aldehydes is 1. The van der Waals surface area contributed by atoms with Crippen LogP contribution in [0.1, 0.15) is 19.3 Å². The van der Waals surface area contributed by atoms with E-state index >= 15 is 0 Å². The predicted molar refractivity (Wildman–Crippen MR) is 49.0 cm³/mol. The summed E-state index contributed by atoms with van der Waals surface area (Å²) in [6.45, 7) is 0.889. The fourth-order valence-electron chi connectivity index (χ4n) is 0.993. The van der Waals surface area contributed by atoms with Crippen LogP contribution in [0.2, 0.25) is 0 Å². The molecule has 0 aromatic rings. The second-order valence-electron chi connectivity index (χ2n) is 2.79. The van der Waals surface area contributed by atoms with Crippen molar-refractivity contribution in [1.29, 1.82) is 0 Å². The average Bonchev–Trinajstić information content (AvgIpc) is 2.77. The highest BCUT2D eigenvalue weighted by molar-refractivity contribution is 5.56. The van der Waals surface area contributed by atoms with E-state index in [0.717, 1.165) is 32.2 Å². The summed E-state index contributed by atoms with van der Waals surface area (Å²) in [7, 11) is 0. The first-order chi connectivity index (χ1) is 6.43. The third-order valence-electron chi connectivity index (χ3n) is 1.71. The molecule has 2 aliphatic heterocycles. The standard InChI is InChI=1S/C6H8O2.C4H6O/c7-5-6-3-1-2-4-8-6;1-2-4-5-3-1/h2,4-6H,1,3H2;1,3H,2,4H2. The van der Waals surface area contributed by atoms with Gasteiger partial charge in [-0.1, -0.05) is 0 Å². The first-order valence-corrected chi connectivity index (χ1v) is 4.46. The molecule has 0 spiro atoms. The summed E-state index contributed by atoms with van der Waals surface area (Å²) in [4.78, 5) is 10.0. The van der Waals surface area contributed by atoms with Gasteiger partial charge in [-0.25, -0.2) is 0 Å². The van der Waals surface area contributed by atoms with E-state index in [1.165, 1.54) is 0 Å². The maximum Gasteiger partial charge on any atom is 0.160 e. The molecule has 1 unspecified atom stereocenters. The highest BCUT2D eigenvalue weighted by Gasteiger charge is 2.06. The van der Waals surface area contributed by atoms with Gasteiger partial charge in [-0.05, 0) is 25.0 Å². The summed E-state index contributed by atoms with van der Waals surface area (Å²) in [6.07, 6.45) is 10.8. The largest absolute Gasteiger partial charge is 0.501 e. The van der Waals surface area contributed by atoms with Gasteiger partial charge >= 0.3 is 0 Å². The number of carbonyl (C=O) groups is 1. The van der Waals surface area contributed by atoms with Gasteiger partial charge < -0.3 is 9.47 Å². The third kappa shape index (κ3) is 4.35. The summed E-state index contributed by atoms with van der Waals surface area (Å²) in [5.41, 5.74) is 0. The molecule has 0 saturated heterocycles. The van der Waals surface area contributed by atoms with Crippen LogP contribution in [-0.4, -0.2) is 19.0 Å². The lowest BCUT2D eigenvalue weighted by atomic mass is 10.2. The topological polar surface area (TPSA) is 35.5 Å². The molecular weight excluding hydrogens is 168 g/mol. The van der Waals surface area contributed by atoms with Crippen molar-refractivity contribution in [2.45, 2.75) is 25.4 Å². The van der Waals surface area contributed by atoms with E-state index in [-0.39, 0.29) is 6.10 Å². The Morgan fingerprint density at radius 3 is 2.38 bits per heavy atom. The second kappa shape index (κ2) is 6.29. The summed E-state index contributed by atoms with van der Waals surface area (Å²) in [5, 5.41) is 0. The first-order valence-electron chi connectivity index (χ1n) is 4.46. The molecule has 0 radical (unpaired) electrons. The van der Waals surface area contributed by atoms with Gasteiger partial charge in [-0.15, -0.1) is 0 Å². The van der Waals surface area contributed by atoms with Crippen molar-refractivity contribution in [2.24, 2.45) is 0 Å². The van der Waals surface area contributed by atoms with Gasteiger partial charge in [0.2, 0.25) is 0 Å². The number of carbonyl (C=O) groups excluding carboxylic acids is 1. The van der Waals surface area contributed by atoms with E-state index in [0.29, 0.717) is 0 Å². The average molecular weight is 182 g/mol. The maximum absolute atomic E-state index is 10.0. The molecule has 2 heterocycles. The highest BCUT2D eigenvalue weighted by atomic mass is 16.5. The Kier molecular flexibility index (Phi) is 4.76. The lowest BCUT2D eigenvalue weighted by molar-refractivity contribution is -0.115. The van der Waals surface area contributed by atoms with E-state index in [2.05, 4.69) is 0 Å². The van der Waals surface area contributed by atoms with Gasteiger partial charge in [-0.3, -0.25) is 4.79 Å². The van der Waals surface area contributed by atoms with Crippen molar-refractivity contribution in [3.63, 3.8) is 0 Å². The Morgan fingerprint density at radius 1 is 1.23 bits per heavy atom. The normalized spacial score (nSPS) is 23.8. The van der Waals surface area contributed by atoms with Gasteiger partial charge in [0.15, 0.2) is 12.4 Å². The molecule has 0 N–H and O–H groups in total. The molecule has 0 aliphatic carbocycles. The minimum absolute atomic E-state index is 0.181. The quantitative estimate of drug-likeness (QED) is 0.580. The van der Waals surface area contributed by atoms with Crippen molar-refractivity contribution in [3.8, 4) is 0 Å². The number of rotatable bonds is 1. The zero-order valence-corrected chi connectivity index (χ0v) is 7.52. The Morgan fingerprint density at radius 2 is 2.08 bits per heavy atom. The van der Waals surface area contributed by atoms with E-state index < -0.39 is 0 Å². The van der Waals surface area contributed by atoms with E-state index in [1.54, 1.807) is 12.5 Å². The maximum atomic E-state index is 10.0. The molecule has 2 rings (SSSR count). The SMILES string of the molecule is C1=COCC1.O=CC1CCC=CO1. The summed E-state index contributed by atoms with van der Waals surface area (Å²) in [6, 6.07) is 0. The van der Waals surface area contributed by atoms with Crippen LogP contribution in [0.25, 0.3) is 0 Å². The van der Waals surface area contributed by atoms with Crippen molar-refractivity contribution >= 4 is 6.29 Å². The fraction of sp³-hybridized carbons (Fsp3) is 0.500. The van der Waals surface area contributed by atoms with Crippen molar-refractivity contribution in [3.05, 3.63) is 24.7 Å². The Bertz CT molecular complexity index is 190. The molecular formula is C10H14O3. The highest BCUT2D eigenvalue weighted by Crippen LogP contribution is 2.06. The Labute approximate surface area is 78.0 Å². The molecule has 0 aromatic heterocycles. The molecule has 0 bridgehead atoms. The van der Waals surface area contributed by atoms with Crippen LogP contribution >= 0.6 is 0 Å². The molecule has 0 fully saturated rings. The van der Waals surface area contributed by atoms with Gasteiger partial charge in [0.25, 0.3) is 0 Å². The molecule has 3 heteroatoms. The molecule has 0 aromatic carbocycles. The fourth-order valence-corrected chi connectivity index (χ4v) is 0.993. The molecule has 0 saturated carbocycles. The van der Waals surface area contributed by atoms with Crippen LogP contribution < -0.4 is 0 Å². The van der Waals surface area contributed by atoms with Gasteiger partial charge in [0.05, 0.1) is 19.1 Å². The molecule has 0 amide bonds. The summed E-state index contributed by atoms with van der Waals surface area (Å²) >= 11 is 0. The Hall–Kier alpha value is -1.25. The van der Waals surface area contributed by atoms with E-state index in [4.69, 9.17) is 9.47 Å².